The van der Waals surface area contributed by atoms with Gasteiger partial charge in [0.1, 0.15) is 14.9 Å². The zero-order valence-corrected chi connectivity index (χ0v) is 20.7. The van der Waals surface area contributed by atoms with Crippen molar-refractivity contribution in [1.82, 2.24) is 5.32 Å². The van der Waals surface area contributed by atoms with Gasteiger partial charge in [0.25, 0.3) is 0 Å². The van der Waals surface area contributed by atoms with Crippen LogP contribution >= 0.6 is 22.9 Å². The monoisotopic (exact) mass is 504 g/mol. The smallest absolute Gasteiger partial charge is 0.341 e. The summed E-state index contributed by atoms with van der Waals surface area (Å²) in [5, 5.41) is 6.58. The van der Waals surface area contributed by atoms with Crippen molar-refractivity contribution in [3.8, 4) is 11.1 Å². The summed E-state index contributed by atoms with van der Waals surface area (Å²) in [6, 6.07) is 29.1. The van der Waals surface area contributed by atoms with Crippen LogP contribution in [0.5, 0.6) is 0 Å². The Hall–Kier alpha value is -3.45. The van der Waals surface area contributed by atoms with Gasteiger partial charge in [0.2, 0.25) is 5.91 Å². The van der Waals surface area contributed by atoms with Crippen LogP contribution in [-0.2, 0) is 9.53 Å². The van der Waals surface area contributed by atoms with Gasteiger partial charge in [-0.15, -0.1) is 11.3 Å². The average Bonchev–Trinajstić information content (AvgIpc) is 3.21. The molecule has 1 aromatic heterocycles. The molecule has 0 radical (unpaired) electrons. The number of anilines is 1. The zero-order chi connectivity index (χ0) is 24.6. The van der Waals surface area contributed by atoms with Gasteiger partial charge in [-0.3, -0.25) is 10.1 Å². The molecular weight excluding hydrogens is 480 g/mol. The molecule has 7 heteroatoms. The minimum Gasteiger partial charge on any atom is -0.462 e. The van der Waals surface area contributed by atoms with Gasteiger partial charge in [-0.2, -0.15) is 0 Å². The van der Waals surface area contributed by atoms with E-state index in [1.807, 2.05) is 91.0 Å². The minimum absolute atomic E-state index is 0.0346. The highest BCUT2D eigenvalue weighted by Crippen LogP contribution is 2.44. The summed E-state index contributed by atoms with van der Waals surface area (Å²) in [5.74, 6) is -0.811. The van der Waals surface area contributed by atoms with Crippen LogP contribution in [-0.4, -0.2) is 25.0 Å². The van der Waals surface area contributed by atoms with Crippen LogP contribution in [0.2, 0.25) is 4.34 Å². The molecular formula is C28H25ClN2O3S. The van der Waals surface area contributed by atoms with Gasteiger partial charge in [0, 0.05) is 5.56 Å². The molecule has 35 heavy (non-hydrogen) atoms. The van der Waals surface area contributed by atoms with Gasteiger partial charge < -0.3 is 10.1 Å². The number of amides is 1. The molecule has 2 N–H and O–H groups in total. The maximum atomic E-state index is 13.0. The number of halogens is 1. The van der Waals surface area contributed by atoms with Crippen LogP contribution in [0.1, 0.15) is 34.5 Å². The number of ether oxygens (including phenoxy) is 1. The van der Waals surface area contributed by atoms with Crippen LogP contribution < -0.4 is 10.6 Å². The van der Waals surface area contributed by atoms with E-state index in [9.17, 15) is 9.59 Å². The number of benzene rings is 3. The van der Waals surface area contributed by atoms with E-state index in [0.717, 1.165) is 28.0 Å². The second-order valence-electron chi connectivity index (χ2n) is 7.72. The normalized spacial score (nSPS) is 10.8. The Balaban J connectivity index is 1.57. The summed E-state index contributed by atoms with van der Waals surface area (Å²) in [4.78, 5) is 25.9. The van der Waals surface area contributed by atoms with Crippen LogP contribution in [0.4, 0.5) is 5.00 Å². The molecule has 0 aliphatic carbocycles. The van der Waals surface area contributed by atoms with E-state index in [1.165, 1.54) is 0 Å². The summed E-state index contributed by atoms with van der Waals surface area (Å²) >= 11 is 7.69. The Morgan fingerprint density at radius 2 is 1.43 bits per heavy atom. The van der Waals surface area contributed by atoms with E-state index < -0.39 is 5.97 Å². The Labute approximate surface area is 213 Å². The minimum atomic E-state index is -0.524. The third-order valence-corrected chi connectivity index (χ3v) is 6.71. The van der Waals surface area contributed by atoms with E-state index >= 15 is 0 Å². The highest BCUT2D eigenvalue weighted by atomic mass is 35.5. The second kappa shape index (κ2) is 11.8. The van der Waals surface area contributed by atoms with Crippen molar-refractivity contribution in [3.63, 3.8) is 0 Å². The molecule has 0 bridgehead atoms. The lowest BCUT2D eigenvalue weighted by molar-refractivity contribution is -0.115. The maximum Gasteiger partial charge on any atom is 0.341 e. The molecule has 0 unspecified atom stereocenters. The fourth-order valence-corrected chi connectivity index (χ4v) is 5.23. The van der Waals surface area contributed by atoms with Crippen molar-refractivity contribution in [1.29, 1.82) is 0 Å². The largest absolute Gasteiger partial charge is 0.462 e. The van der Waals surface area contributed by atoms with Gasteiger partial charge in [-0.25, -0.2) is 4.79 Å². The molecule has 5 nitrogen and oxygen atoms in total. The lowest BCUT2D eigenvalue weighted by Gasteiger charge is -2.19. The molecule has 1 heterocycles. The van der Waals surface area contributed by atoms with Gasteiger partial charge in [0.15, 0.2) is 0 Å². The summed E-state index contributed by atoms with van der Waals surface area (Å²) in [6.45, 7) is 1.99. The fourth-order valence-electron chi connectivity index (χ4n) is 3.84. The molecule has 3 aromatic carbocycles. The number of nitrogens with one attached hydrogen (secondary N) is 2. The van der Waals surface area contributed by atoms with Gasteiger partial charge in [-0.05, 0) is 23.6 Å². The van der Waals surface area contributed by atoms with E-state index in [1.54, 1.807) is 6.92 Å². The summed E-state index contributed by atoms with van der Waals surface area (Å²) in [6.07, 6.45) is 0. The third kappa shape index (κ3) is 5.98. The molecule has 0 saturated heterocycles. The summed E-state index contributed by atoms with van der Waals surface area (Å²) in [5.41, 5.74) is 3.70. The van der Waals surface area contributed by atoms with Crippen molar-refractivity contribution in [2.75, 3.05) is 18.5 Å². The number of hydrogen-bond acceptors (Lipinski definition) is 5. The van der Waals surface area contributed by atoms with Crippen LogP contribution in [0.15, 0.2) is 91.0 Å². The van der Waals surface area contributed by atoms with Crippen molar-refractivity contribution in [3.05, 3.63) is 112 Å². The van der Waals surface area contributed by atoms with Crippen LogP contribution in [0.3, 0.4) is 0 Å². The first-order chi connectivity index (χ1) is 17.1. The number of carbonyl (C=O) groups excluding carboxylic acids is 2. The number of rotatable bonds is 9. The van der Waals surface area contributed by atoms with E-state index in [2.05, 4.69) is 10.6 Å². The van der Waals surface area contributed by atoms with Crippen molar-refractivity contribution in [2.45, 2.75) is 13.0 Å². The number of carbonyl (C=O) groups is 2. The topological polar surface area (TPSA) is 67.4 Å². The molecule has 0 spiro atoms. The SMILES string of the molecule is CCOC(=O)c1c(NC(=O)CNC(c2ccccc2)c2ccccc2)sc(Cl)c1-c1ccccc1. The predicted molar refractivity (Wildman–Crippen MR) is 142 cm³/mol. The van der Waals surface area contributed by atoms with Gasteiger partial charge in [-0.1, -0.05) is 103 Å². The molecule has 0 saturated carbocycles. The summed E-state index contributed by atoms with van der Waals surface area (Å²) < 4.78 is 5.69. The third-order valence-electron chi connectivity index (χ3n) is 5.39. The number of esters is 1. The van der Waals surface area contributed by atoms with Gasteiger partial charge >= 0.3 is 5.97 Å². The quantitative estimate of drug-likeness (QED) is 0.253. The molecule has 1 amide bonds. The zero-order valence-electron chi connectivity index (χ0n) is 19.2. The molecule has 4 rings (SSSR count). The summed E-state index contributed by atoms with van der Waals surface area (Å²) in [7, 11) is 0. The molecule has 178 valence electrons. The van der Waals surface area contributed by atoms with Gasteiger partial charge in [0.05, 0.1) is 19.2 Å². The Kier molecular flexibility index (Phi) is 8.32. The highest BCUT2D eigenvalue weighted by Gasteiger charge is 2.26. The lowest BCUT2D eigenvalue weighted by Crippen LogP contribution is -2.32. The number of hydrogen-bond donors (Lipinski definition) is 2. The second-order valence-corrected chi connectivity index (χ2v) is 9.35. The predicted octanol–water partition coefficient (Wildman–Crippen LogP) is 6.56. The van der Waals surface area contributed by atoms with E-state index in [-0.39, 0.29) is 30.7 Å². The first-order valence-electron chi connectivity index (χ1n) is 11.3. The first-order valence-corrected chi connectivity index (χ1v) is 12.5. The maximum absolute atomic E-state index is 13.0. The molecule has 0 aliphatic rings. The highest BCUT2D eigenvalue weighted by molar-refractivity contribution is 7.21. The van der Waals surface area contributed by atoms with Crippen molar-refractivity contribution >= 4 is 39.8 Å². The van der Waals surface area contributed by atoms with E-state index in [0.29, 0.717) is 14.9 Å². The van der Waals surface area contributed by atoms with Crippen molar-refractivity contribution in [2.24, 2.45) is 0 Å². The Morgan fingerprint density at radius 3 is 1.97 bits per heavy atom. The average molecular weight is 505 g/mol. The number of thiophene rings is 1. The molecule has 0 atom stereocenters. The fraction of sp³-hybridized carbons (Fsp3) is 0.143. The standard InChI is InChI=1S/C28H25ClN2O3S/c1-2-34-28(33)24-23(19-12-6-3-7-13-19)26(29)35-27(24)31-22(32)18-30-25(20-14-8-4-9-15-20)21-16-10-5-11-17-21/h3-17,25,30H,2,18H2,1H3,(H,31,32). The Morgan fingerprint density at radius 1 is 0.886 bits per heavy atom. The van der Waals surface area contributed by atoms with E-state index in [4.69, 9.17) is 16.3 Å². The Bertz CT molecular complexity index is 1240. The van der Waals surface area contributed by atoms with Crippen LogP contribution in [0.25, 0.3) is 11.1 Å². The molecule has 4 aromatic rings. The van der Waals surface area contributed by atoms with Crippen molar-refractivity contribution < 1.29 is 14.3 Å². The molecule has 0 aliphatic heterocycles. The molecule has 0 fully saturated rings. The van der Waals surface area contributed by atoms with Crippen LogP contribution in [0, 0.1) is 0 Å². The first kappa shape index (κ1) is 24.7. The lowest BCUT2D eigenvalue weighted by atomic mass is 9.99.